The Kier molecular flexibility index (Phi) is 3.99. The minimum atomic E-state index is 0.602. The van der Waals surface area contributed by atoms with Crippen LogP contribution in [0.2, 0.25) is 0 Å². The quantitative estimate of drug-likeness (QED) is 0.762. The third-order valence-corrected chi connectivity index (χ3v) is 4.69. The molecule has 0 aromatic heterocycles. The van der Waals surface area contributed by atoms with Gasteiger partial charge in [-0.2, -0.15) is 0 Å². The van der Waals surface area contributed by atoms with Crippen molar-refractivity contribution in [3.8, 4) is 0 Å². The first-order chi connectivity index (χ1) is 8.43. The van der Waals surface area contributed by atoms with Gasteiger partial charge in [0.05, 0.1) is 13.2 Å². The van der Waals surface area contributed by atoms with Gasteiger partial charge in [-0.15, -0.1) is 0 Å². The molecule has 3 unspecified atom stereocenters. The SMILES string of the molecule is C1CC(NCCC2CC2)C(C2COCCN2)C1. The number of nitrogens with one attached hydrogen (secondary N) is 2. The van der Waals surface area contributed by atoms with Gasteiger partial charge >= 0.3 is 0 Å². The summed E-state index contributed by atoms with van der Waals surface area (Å²) in [6.45, 7) is 4.09. The van der Waals surface area contributed by atoms with Crippen molar-refractivity contribution in [1.29, 1.82) is 0 Å². The van der Waals surface area contributed by atoms with Crippen LogP contribution in [-0.4, -0.2) is 38.4 Å². The van der Waals surface area contributed by atoms with Crippen LogP contribution in [0.1, 0.15) is 38.5 Å². The van der Waals surface area contributed by atoms with Crippen molar-refractivity contribution in [3.05, 3.63) is 0 Å². The van der Waals surface area contributed by atoms with Crippen molar-refractivity contribution in [2.45, 2.75) is 50.6 Å². The van der Waals surface area contributed by atoms with E-state index in [4.69, 9.17) is 4.74 Å². The number of morpholine rings is 1. The van der Waals surface area contributed by atoms with Crippen molar-refractivity contribution < 1.29 is 4.74 Å². The first-order valence-corrected chi connectivity index (χ1v) is 7.48. The van der Waals surface area contributed by atoms with E-state index in [1.807, 2.05) is 0 Å². The van der Waals surface area contributed by atoms with E-state index in [2.05, 4.69) is 10.6 Å². The fourth-order valence-electron chi connectivity index (χ4n) is 3.46. The van der Waals surface area contributed by atoms with Gasteiger partial charge in [0.1, 0.15) is 0 Å². The van der Waals surface area contributed by atoms with Crippen LogP contribution in [-0.2, 0) is 4.74 Å². The lowest BCUT2D eigenvalue weighted by Gasteiger charge is -2.33. The van der Waals surface area contributed by atoms with Crippen LogP contribution in [0.5, 0.6) is 0 Å². The zero-order chi connectivity index (χ0) is 11.5. The van der Waals surface area contributed by atoms with Crippen LogP contribution in [0.3, 0.4) is 0 Å². The van der Waals surface area contributed by atoms with Crippen LogP contribution < -0.4 is 10.6 Å². The van der Waals surface area contributed by atoms with E-state index in [1.165, 1.54) is 45.1 Å². The predicted molar refractivity (Wildman–Crippen MR) is 69.1 cm³/mol. The molecule has 3 aliphatic rings. The molecule has 3 fully saturated rings. The smallest absolute Gasteiger partial charge is 0.0623 e. The van der Waals surface area contributed by atoms with E-state index in [9.17, 15) is 0 Å². The molecule has 17 heavy (non-hydrogen) atoms. The summed E-state index contributed by atoms with van der Waals surface area (Å²) in [4.78, 5) is 0. The molecule has 0 spiro atoms. The summed E-state index contributed by atoms with van der Waals surface area (Å²) in [6.07, 6.45) is 8.50. The van der Waals surface area contributed by atoms with E-state index in [1.54, 1.807) is 0 Å². The molecule has 3 heteroatoms. The second-order valence-electron chi connectivity index (χ2n) is 6.02. The summed E-state index contributed by atoms with van der Waals surface area (Å²) >= 11 is 0. The topological polar surface area (TPSA) is 33.3 Å². The van der Waals surface area contributed by atoms with Crippen LogP contribution >= 0.6 is 0 Å². The second-order valence-corrected chi connectivity index (χ2v) is 6.02. The highest BCUT2D eigenvalue weighted by Gasteiger charge is 2.34. The van der Waals surface area contributed by atoms with Crippen molar-refractivity contribution in [2.24, 2.45) is 11.8 Å². The lowest BCUT2D eigenvalue weighted by Crippen LogP contribution is -2.51. The highest BCUT2D eigenvalue weighted by Crippen LogP contribution is 2.33. The Balaban J connectivity index is 1.44. The minimum Gasteiger partial charge on any atom is -0.379 e. The fourth-order valence-corrected chi connectivity index (χ4v) is 3.46. The molecule has 3 atom stereocenters. The average Bonchev–Trinajstić information content (AvgIpc) is 3.07. The van der Waals surface area contributed by atoms with Gasteiger partial charge in [0.25, 0.3) is 0 Å². The van der Waals surface area contributed by atoms with E-state index in [0.29, 0.717) is 6.04 Å². The second kappa shape index (κ2) is 5.68. The van der Waals surface area contributed by atoms with Crippen LogP contribution in [0, 0.1) is 11.8 Å². The maximum Gasteiger partial charge on any atom is 0.0623 e. The molecule has 1 heterocycles. The van der Waals surface area contributed by atoms with Crippen molar-refractivity contribution in [2.75, 3.05) is 26.3 Å². The molecule has 0 aromatic carbocycles. The monoisotopic (exact) mass is 238 g/mol. The standard InChI is InChI=1S/C14H26N2O/c1-2-12(14-10-17-9-8-16-14)13(3-1)15-7-6-11-4-5-11/h11-16H,1-10H2. The Morgan fingerprint density at radius 3 is 2.88 bits per heavy atom. The molecular formula is C14H26N2O. The Bertz CT molecular complexity index is 236. The van der Waals surface area contributed by atoms with Gasteiger partial charge in [0.2, 0.25) is 0 Å². The van der Waals surface area contributed by atoms with Crippen molar-refractivity contribution in [3.63, 3.8) is 0 Å². The molecule has 2 saturated carbocycles. The molecule has 2 aliphatic carbocycles. The summed E-state index contributed by atoms with van der Waals surface area (Å²) in [6, 6.07) is 1.35. The lowest BCUT2D eigenvalue weighted by atomic mass is 9.94. The average molecular weight is 238 g/mol. The van der Waals surface area contributed by atoms with E-state index in [0.717, 1.165) is 37.6 Å². The van der Waals surface area contributed by atoms with Crippen LogP contribution in [0.15, 0.2) is 0 Å². The van der Waals surface area contributed by atoms with E-state index in [-0.39, 0.29) is 0 Å². The Labute approximate surface area is 105 Å². The molecule has 3 nitrogen and oxygen atoms in total. The van der Waals surface area contributed by atoms with Gasteiger partial charge in [-0.1, -0.05) is 19.3 Å². The third-order valence-electron chi connectivity index (χ3n) is 4.69. The third kappa shape index (κ3) is 3.21. The first-order valence-electron chi connectivity index (χ1n) is 7.48. The molecule has 3 rings (SSSR count). The van der Waals surface area contributed by atoms with Gasteiger partial charge in [0.15, 0.2) is 0 Å². The molecule has 0 aromatic rings. The highest BCUT2D eigenvalue weighted by atomic mass is 16.5. The Hall–Kier alpha value is -0.120. The number of ether oxygens (including phenoxy) is 1. The van der Waals surface area contributed by atoms with Crippen LogP contribution in [0.25, 0.3) is 0 Å². The molecule has 98 valence electrons. The molecule has 1 aliphatic heterocycles. The fraction of sp³-hybridized carbons (Fsp3) is 1.00. The maximum atomic E-state index is 5.61. The predicted octanol–water partition coefficient (Wildman–Crippen LogP) is 1.53. The van der Waals surface area contributed by atoms with E-state index >= 15 is 0 Å². The van der Waals surface area contributed by atoms with E-state index < -0.39 is 0 Å². The number of rotatable bonds is 5. The summed E-state index contributed by atoms with van der Waals surface area (Å²) in [7, 11) is 0. The molecular weight excluding hydrogens is 212 g/mol. The molecule has 2 N–H and O–H groups in total. The number of hydrogen-bond acceptors (Lipinski definition) is 3. The normalized spacial score (nSPS) is 38.5. The highest BCUT2D eigenvalue weighted by molar-refractivity contribution is 4.92. The summed E-state index contributed by atoms with van der Waals surface area (Å²) in [5, 5.41) is 7.44. The van der Waals surface area contributed by atoms with Gasteiger partial charge in [-0.25, -0.2) is 0 Å². The number of hydrogen-bond donors (Lipinski definition) is 2. The summed E-state index contributed by atoms with van der Waals surface area (Å²) in [5.74, 6) is 1.85. The molecule has 0 radical (unpaired) electrons. The molecule has 1 saturated heterocycles. The maximum absolute atomic E-state index is 5.61. The van der Waals surface area contributed by atoms with Gasteiger partial charge < -0.3 is 15.4 Å². The van der Waals surface area contributed by atoms with Crippen LogP contribution in [0.4, 0.5) is 0 Å². The first kappa shape index (κ1) is 11.9. The van der Waals surface area contributed by atoms with Gasteiger partial charge in [-0.3, -0.25) is 0 Å². The summed E-state index contributed by atoms with van der Waals surface area (Å²) in [5.41, 5.74) is 0. The molecule has 0 bridgehead atoms. The Morgan fingerprint density at radius 2 is 2.12 bits per heavy atom. The lowest BCUT2D eigenvalue weighted by molar-refractivity contribution is 0.0525. The summed E-state index contributed by atoms with van der Waals surface area (Å²) < 4.78 is 5.61. The molecule has 0 amide bonds. The minimum absolute atomic E-state index is 0.602. The van der Waals surface area contributed by atoms with Gasteiger partial charge in [0, 0.05) is 18.6 Å². The Morgan fingerprint density at radius 1 is 1.18 bits per heavy atom. The van der Waals surface area contributed by atoms with Crippen molar-refractivity contribution in [1.82, 2.24) is 10.6 Å². The largest absolute Gasteiger partial charge is 0.379 e. The zero-order valence-electron chi connectivity index (χ0n) is 10.8. The van der Waals surface area contributed by atoms with Crippen molar-refractivity contribution >= 4 is 0 Å². The zero-order valence-corrected chi connectivity index (χ0v) is 10.8. The van der Waals surface area contributed by atoms with Gasteiger partial charge in [-0.05, 0) is 37.6 Å².